The highest BCUT2D eigenvalue weighted by Gasteiger charge is 2.36. The van der Waals surface area contributed by atoms with Crippen molar-refractivity contribution in [2.45, 2.75) is 51.1 Å². The highest BCUT2D eigenvalue weighted by molar-refractivity contribution is 5.86. The summed E-state index contributed by atoms with van der Waals surface area (Å²) in [5.74, 6) is 0.562. The number of carbonyl (C=O) groups is 1. The molecule has 0 aliphatic carbocycles. The van der Waals surface area contributed by atoms with Gasteiger partial charge in [-0.15, -0.1) is 0 Å². The van der Waals surface area contributed by atoms with E-state index in [0.29, 0.717) is 44.6 Å². The lowest BCUT2D eigenvalue weighted by molar-refractivity contribution is -0.130. The molecule has 5 nitrogen and oxygen atoms in total. The maximum absolute atomic E-state index is 12.3. The average Bonchev–Trinajstić information content (AvgIpc) is 2.43. The van der Waals surface area contributed by atoms with Crippen LogP contribution in [0.4, 0.5) is 0 Å². The number of amides is 1. The minimum Gasteiger partial charge on any atom is -0.381 e. The molecule has 0 bridgehead atoms. The third-order valence-electron chi connectivity index (χ3n) is 4.57. The van der Waals surface area contributed by atoms with Gasteiger partial charge in [-0.1, -0.05) is 26.7 Å². The van der Waals surface area contributed by atoms with E-state index in [1.165, 1.54) is 0 Å². The molecule has 1 rings (SSSR count). The van der Waals surface area contributed by atoms with E-state index in [1.807, 2.05) is 0 Å². The number of hydrogen-bond donors (Lipinski definition) is 2. The predicted molar refractivity (Wildman–Crippen MR) is 81.5 cm³/mol. The fourth-order valence-corrected chi connectivity index (χ4v) is 2.94. The third-order valence-corrected chi connectivity index (χ3v) is 4.57. The van der Waals surface area contributed by atoms with Gasteiger partial charge in [-0.2, -0.15) is 0 Å². The Morgan fingerprint density at radius 1 is 1.30 bits per heavy atom. The summed E-state index contributed by atoms with van der Waals surface area (Å²) in [6, 6.07) is 0.359. The summed E-state index contributed by atoms with van der Waals surface area (Å²) >= 11 is 0. The molecule has 5 heteroatoms. The van der Waals surface area contributed by atoms with Crippen molar-refractivity contribution in [3.05, 3.63) is 0 Å². The molecule has 20 heavy (non-hydrogen) atoms. The SMILES string of the molecule is CCC(CC)C(CNC(=O)C1(N)CCOCC1)N(C)C. The predicted octanol–water partition coefficient (Wildman–Crippen LogP) is 0.977. The van der Waals surface area contributed by atoms with Crippen molar-refractivity contribution in [3.8, 4) is 0 Å². The fourth-order valence-electron chi connectivity index (χ4n) is 2.94. The second-order valence-electron chi connectivity index (χ2n) is 6.09. The van der Waals surface area contributed by atoms with Gasteiger partial charge in [0.05, 0.1) is 5.54 Å². The summed E-state index contributed by atoms with van der Waals surface area (Å²) in [5.41, 5.74) is 5.45. The highest BCUT2D eigenvalue weighted by atomic mass is 16.5. The Balaban J connectivity index is 2.56. The lowest BCUT2D eigenvalue weighted by atomic mass is 9.89. The number of nitrogens with one attached hydrogen (secondary N) is 1. The van der Waals surface area contributed by atoms with Gasteiger partial charge in [0.15, 0.2) is 0 Å². The minimum atomic E-state index is -0.747. The largest absolute Gasteiger partial charge is 0.381 e. The molecular formula is C15H31N3O2. The van der Waals surface area contributed by atoms with Gasteiger partial charge >= 0.3 is 0 Å². The second-order valence-corrected chi connectivity index (χ2v) is 6.09. The second kappa shape index (κ2) is 7.96. The smallest absolute Gasteiger partial charge is 0.240 e. The van der Waals surface area contributed by atoms with Crippen LogP contribution in [0.2, 0.25) is 0 Å². The Hall–Kier alpha value is -0.650. The van der Waals surface area contributed by atoms with Crippen molar-refractivity contribution >= 4 is 5.91 Å². The maximum Gasteiger partial charge on any atom is 0.240 e. The molecule has 1 heterocycles. The number of rotatable bonds is 7. The van der Waals surface area contributed by atoms with Crippen LogP contribution in [0, 0.1) is 5.92 Å². The standard InChI is InChI=1S/C15H31N3O2/c1-5-12(6-2)13(18(3)4)11-17-14(19)15(16)7-9-20-10-8-15/h12-13H,5-11,16H2,1-4H3,(H,17,19). The molecule has 1 amide bonds. The molecule has 0 spiro atoms. The van der Waals surface area contributed by atoms with Crippen molar-refractivity contribution in [3.63, 3.8) is 0 Å². The normalized spacial score (nSPS) is 20.1. The van der Waals surface area contributed by atoms with E-state index in [-0.39, 0.29) is 5.91 Å². The van der Waals surface area contributed by atoms with Gasteiger partial charge in [0.2, 0.25) is 5.91 Å². The van der Waals surface area contributed by atoms with Crippen molar-refractivity contribution < 1.29 is 9.53 Å². The molecule has 0 radical (unpaired) electrons. The van der Waals surface area contributed by atoms with E-state index in [0.717, 1.165) is 12.8 Å². The van der Waals surface area contributed by atoms with Crippen molar-refractivity contribution in [2.24, 2.45) is 11.7 Å². The third kappa shape index (κ3) is 4.43. The van der Waals surface area contributed by atoms with Gasteiger partial charge in [-0.3, -0.25) is 4.79 Å². The topological polar surface area (TPSA) is 67.6 Å². The first-order valence-electron chi connectivity index (χ1n) is 7.76. The number of hydrogen-bond acceptors (Lipinski definition) is 4. The lowest BCUT2D eigenvalue weighted by Gasteiger charge is -2.35. The summed E-state index contributed by atoms with van der Waals surface area (Å²) in [7, 11) is 4.14. The van der Waals surface area contributed by atoms with Gasteiger partial charge in [0, 0.05) is 25.8 Å². The van der Waals surface area contributed by atoms with Crippen LogP contribution >= 0.6 is 0 Å². The van der Waals surface area contributed by atoms with Crippen LogP contribution in [0.25, 0.3) is 0 Å². The molecule has 3 N–H and O–H groups in total. The van der Waals surface area contributed by atoms with Crippen LogP contribution in [0.1, 0.15) is 39.5 Å². The Morgan fingerprint density at radius 2 is 1.85 bits per heavy atom. The monoisotopic (exact) mass is 285 g/mol. The molecular weight excluding hydrogens is 254 g/mol. The van der Waals surface area contributed by atoms with E-state index in [2.05, 4.69) is 38.2 Å². The molecule has 0 aromatic heterocycles. The number of nitrogens with zero attached hydrogens (tertiary/aromatic N) is 1. The van der Waals surface area contributed by atoms with Gasteiger partial charge in [-0.05, 0) is 32.9 Å². The first-order chi connectivity index (χ1) is 9.44. The summed E-state index contributed by atoms with van der Waals surface area (Å²) in [6.07, 6.45) is 3.46. The molecule has 1 aliphatic rings. The van der Waals surface area contributed by atoms with E-state index in [9.17, 15) is 4.79 Å². The van der Waals surface area contributed by atoms with Crippen molar-refractivity contribution in [2.75, 3.05) is 33.9 Å². The minimum absolute atomic E-state index is 0.0291. The lowest BCUT2D eigenvalue weighted by Crippen LogP contribution is -2.58. The van der Waals surface area contributed by atoms with Gasteiger partial charge in [-0.25, -0.2) is 0 Å². The summed E-state index contributed by atoms with van der Waals surface area (Å²) < 4.78 is 5.28. The Bertz CT molecular complexity index is 297. The molecule has 0 aromatic rings. The molecule has 1 saturated heterocycles. The molecule has 1 aliphatic heterocycles. The molecule has 0 saturated carbocycles. The Labute approximate surface area is 123 Å². The van der Waals surface area contributed by atoms with Gasteiger partial charge in [0.1, 0.15) is 0 Å². The number of nitrogens with two attached hydrogens (primary N) is 1. The zero-order valence-corrected chi connectivity index (χ0v) is 13.4. The van der Waals surface area contributed by atoms with Crippen molar-refractivity contribution in [1.82, 2.24) is 10.2 Å². The van der Waals surface area contributed by atoms with Crippen LogP contribution in [0.15, 0.2) is 0 Å². The molecule has 1 unspecified atom stereocenters. The summed E-state index contributed by atoms with van der Waals surface area (Å²) in [4.78, 5) is 14.5. The van der Waals surface area contributed by atoms with Crippen LogP contribution in [0.5, 0.6) is 0 Å². The van der Waals surface area contributed by atoms with E-state index < -0.39 is 5.54 Å². The molecule has 1 atom stereocenters. The molecule has 0 aromatic carbocycles. The van der Waals surface area contributed by atoms with Gasteiger partial charge in [0.25, 0.3) is 0 Å². The highest BCUT2D eigenvalue weighted by Crippen LogP contribution is 2.19. The van der Waals surface area contributed by atoms with Crippen molar-refractivity contribution in [1.29, 1.82) is 0 Å². The quantitative estimate of drug-likeness (QED) is 0.731. The van der Waals surface area contributed by atoms with E-state index in [4.69, 9.17) is 10.5 Å². The van der Waals surface area contributed by atoms with Crippen LogP contribution in [-0.4, -0.2) is 56.2 Å². The molecule has 1 fully saturated rings. The zero-order valence-electron chi connectivity index (χ0n) is 13.4. The summed E-state index contributed by atoms with van der Waals surface area (Å²) in [5, 5.41) is 3.06. The number of likely N-dealkylation sites (N-methyl/N-ethyl adjacent to an activating group) is 1. The van der Waals surface area contributed by atoms with E-state index >= 15 is 0 Å². The maximum atomic E-state index is 12.3. The van der Waals surface area contributed by atoms with Crippen LogP contribution in [-0.2, 0) is 9.53 Å². The number of carbonyl (C=O) groups excluding carboxylic acids is 1. The van der Waals surface area contributed by atoms with Crippen LogP contribution < -0.4 is 11.1 Å². The fraction of sp³-hybridized carbons (Fsp3) is 0.933. The Kier molecular flexibility index (Phi) is 6.92. The zero-order chi connectivity index (χ0) is 15.2. The van der Waals surface area contributed by atoms with Gasteiger partial charge < -0.3 is 20.7 Å². The first-order valence-corrected chi connectivity index (χ1v) is 7.76. The summed E-state index contributed by atoms with van der Waals surface area (Å²) in [6.45, 7) is 6.23. The number of ether oxygens (including phenoxy) is 1. The van der Waals surface area contributed by atoms with Crippen LogP contribution in [0.3, 0.4) is 0 Å². The molecule has 118 valence electrons. The average molecular weight is 285 g/mol. The van der Waals surface area contributed by atoms with E-state index in [1.54, 1.807) is 0 Å². The Morgan fingerprint density at radius 3 is 2.30 bits per heavy atom. The first kappa shape index (κ1) is 17.4.